The number of hydrogen-bond acceptors (Lipinski definition) is 6. The van der Waals surface area contributed by atoms with Crippen LogP contribution in [0.3, 0.4) is 0 Å². The molecule has 0 aromatic rings. The maximum atomic E-state index is 8.41. The summed E-state index contributed by atoms with van der Waals surface area (Å²) in [4.78, 5) is 14.0. The fourth-order valence-electron chi connectivity index (χ4n) is 0. The first-order valence-electron chi connectivity index (χ1n) is 0.675. The van der Waals surface area contributed by atoms with Gasteiger partial charge in [0.2, 0.25) is 0 Å². The van der Waals surface area contributed by atoms with Crippen LogP contribution in [0.2, 0.25) is 0 Å². The van der Waals surface area contributed by atoms with Crippen LogP contribution in [0.15, 0.2) is 0 Å². The quantitative estimate of drug-likeness (QED) is 0.310. The Labute approximate surface area is 51.2 Å². The molecule has 0 spiro atoms. The van der Waals surface area contributed by atoms with Crippen LogP contribution in [0, 0.1) is 9.93 Å². The molecule has 0 unspecified atom stereocenters. The van der Waals surface area contributed by atoms with Crippen molar-refractivity contribution in [2.45, 2.75) is 7.43 Å². The Bertz CT molecular complexity index is 37.8. The van der Waals surface area contributed by atoms with E-state index >= 15 is 0 Å². The van der Waals surface area contributed by atoms with Crippen molar-refractivity contribution in [2.24, 2.45) is 0 Å². The maximum absolute atomic E-state index is 8.41. The molecule has 0 amide bonds. The fraction of sp³-hybridized carbons (Fsp3) is 1.00. The molecule has 0 saturated heterocycles. The van der Waals surface area contributed by atoms with E-state index in [-0.39, 0.29) is 7.43 Å². The summed E-state index contributed by atoms with van der Waals surface area (Å²) < 4.78 is 16.8. The Morgan fingerprint density at radius 2 is 1.00 bits per heavy atom. The third-order valence-electron chi connectivity index (χ3n) is 0. The molecule has 0 heterocycles. The van der Waals surface area contributed by atoms with Crippen LogP contribution in [0.25, 0.3) is 0 Å². The molecule has 0 aromatic carbocycles. The minimum absolute atomic E-state index is 0. The van der Waals surface area contributed by atoms with Crippen molar-refractivity contribution in [3.05, 3.63) is 9.93 Å². The first-order chi connectivity index (χ1) is 3.41. The van der Waals surface area contributed by atoms with Gasteiger partial charge < -0.3 is 0 Å². The third kappa shape index (κ3) is 934. The SMILES string of the molecule is C.O=O.OO.[O]=[Mn]=[O]. The zero-order chi connectivity index (χ0) is 6.71. The Kier molecular flexibility index (Phi) is 1640. The Balaban J connectivity index is -0.0000000147. The molecule has 0 aliphatic carbocycles. The predicted octanol–water partition coefficient (Wildman–Crippen LogP) is 0.480. The van der Waals surface area contributed by atoms with E-state index < -0.39 is 14.8 Å². The summed E-state index contributed by atoms with van der Waals surface area (Å²) in [6, 6.07) is 0. The van der Waals surface area contributed by atoms with Crippen molar-refractivity contribution in [2.75, 3.05) is 0 Å². The fourth-order valence-corrected chi connectivity index (χ4v) is 0. The second kappa shape index (κ2) is 516. The molecule has 0 saturated carbocycles. The van der Waals surface area contributed by atoms with Crippen molar-refractivity contribution in [3.8, 4) is 0 Å². The summed E-state index contributed by atoms with van der Waals surface area (Å²) in [6.07, 6.45) is 0. The average molecular weight is 169 g/mol. The van der Waals surface area contributed by atoms with Gasteiger partial charge in [-0.1, -0.05) is 7.43 Å². The second-order valence-electron chi connectivity index (χ2n) is 0.0630. The van der Waals surface area contributed by atoms with E-state index in [0.717, 1.165) is 0 Å². The van der Waals surface area contributed by atoms with Gasteiger partial charge in [-0.05, 0) is 0 Å². The zero-order valence-corrected chi connectivity index (χ0v) is 4.09. The monoisotopic (exact) mass is 169 g/mol. The van der Waals surface area contributed by atoms with Gasteiger partial charge >= 0.3 is 22.5 Å². The minimum atomic E-state index is -1.44. The van der Waals surface area contributed by atoms with Gasteiger partial charge in [-0.15, -0.1) is 0 Å². The molecule has 0 rings (SSSR count). The Morgan fingerprint density at radius 1 is 1.00 bits per heavy atom. The van der Waals surface area contributed by atoms with E-state index in [4.69, 9.17) is 28.1 Å². The Hall–Kier alpha value is -0.361. The van der Waals surface area contributed by atoms with Crippen molar-refractivity contribution in [3.63, 3.8) is 0 Å². The van der Waals surface area contributed by atoms with Crippen LogP contribution in [-0.2, 0) is 22.5 Å². The molecule has 0 atom stereocenters. The van der Waals surface area contributed by atoms with E-state index in [1.165, 1.54) is 0 Å². The van der Waals surface area contributed by atoms with Gasteiger partial charge in [0.05, 0.1) is 0 Å². The summed E-state index contributed by atoms with van der Waals surface area (Å²) in [5.41, 5.74) is 0. The molecule has 53 valence electrons. The van der Waals surface area contributed by atoms with E-state index in [9.17, 15) is 0 Å². The van der Waals surface area contributed by atoms with E-state index in [0.29, 0.717) is 0 Å². The summed E-state index contributed by atoms with van der Waals surface area (Å²) >= 11 is -1.44. The number of rotatable bonds is 0. The van der Waals surface area contributed by atoms with Crippen LogP contribution in [-0.4, -0.2) is 10.5 Å². The first-order valence-corrected chi connectivity index (χ1v) is 1.64. The molecule has 0 aliphatic heterocycles. The van der Waals surface area contributed by atoms with Crippen LogP contribution in [0.5, 0.6) is 0 Å². The average Bonchev–Trinajstić information content (AvgIpc) is 1.78. The van der Waals surface area contributed by atoms with Gasteiger partial charge in [-0.2, -0.15) is 0 Å². The van der Waals surface area contributed by atoms with E-state index in [1.807, 2.05) is 0 Å². The molecule has 0 aromatic heterocycles. The summed E-state index contributed by atoms with van der Waals surface area (Å²) in [7, 11) is 0. The van der Waals surface area contributed by atoms with Gasteiger partial charge in [0.1, 0.15) is 0 Å². The van der Waals surface area contributed by atoms with Gasteiger partial charge in [0.15, 0.2) is 0 Å². The summed E-state index contributed by atoms with van der Waals surface area (Å²) in [5.74, 6) is 0. The molecule has 0 aliphatic rings. The van der Waals surface area contributed by atoms with E-state index in [2.05, 4.69) is 0 Å². The van der Waals surface area contributed by atoms with Crippen LogP contribution < -0.4 is 0 Å². The molecule has 0 bridgehead atoms. The topological polar surface area (TPSA) is 109 Å². The Morgan fingerprint density at radius 3 is 1.00 bits per heavy atom. The van der Waals surface area contributed by atoms with Gasteiger partial charge in [-0.3, -0.25) is 10.5 Å². The molecular formula is CH6MnO6. The molecule has 0 fully saturated rings. The summed E-state index contributed by atoms with van der Waals surface area (Å²) in [6.45, 7) is 0. The first kappa shape index (κ1) is 25.4. The number of hydrogen-bond donors (Lipinski definition) is 2. The predicted molar refractivity (Wildman–Crippen MR) is 20.1 cm³/mol. The molecule has 2 N–H and O–H groups in total. The normalized spacial score (nSPS) is 2.75. The van der Waals surface area contributed by atoms with Crippen LogP contribution in [0.4, 0.5) is 0 Å². The van der Waals surface area contributed by atoms with Crippen molar-refractivity contribution in [1.29, 1.82) is 0 Å². The van der Waals surface area contributed by atoms with Crippen molar-refractivity contribution in [1.82, 2.24) is 0 Å². The van der Waals surface area contributed by atoms with Crippen LogP contribution >= 0.6 is 0 Å². The second-order valence-corrected chi connectivity index (χ2v) is 0.260. The van der Waals surface area contributed by atoms with Crippen molar-refractivity contribution < 1.29 is 33.0 Å². The third-order valence-corrected chi connectivity index (χ3v) is 0. The van der Waals surface area contributed by atoms with Crippen LogP contribution in [0.1, 0.15) is 7.43 Å². The molecule has 0 radical (unpaired) electrons. The molecular weight excluding hydrogens is 163 g/mol. The zero-order valence-electron chi connectivity index (χ0n) is 2.91. The summed E-state index contributed by atoms with van der Waals surface area (Å²) in [5, 5.41) is 12.0. The molecule has 8 heavy (non-hydrogen) atoms. The van der Waals surface area contributed by atoms with Crippen molar-refractivity contribution >= 4 is 0 Å². The standard InChI is InChI=1S/CH4.Mn.H2O2.O2.2O/c;;2*1-2;;/h1H4;;1-2H;;;. The van der Waals surface area contributed by atoms with E-state index in [1.54, 1.807) is 0 Å². The van der Waals surface area contributed by atoms with Gasteiger partial charge in [0, 0.05) is 9.93 Å². The molecule has 7 heteroatoms. The molecule has 6 nitrogen and oxygen atoms in total. The van der Waals surface area contributed by atoms with Gasteiger partial charge in [-0.25, -0.2) is 0 Å². The van der Waals surface area contributed by atoms with Gasteiger partial charge in [0.25, 0.3) is 0 Å².